The Bertz CT molecular complexity index is 1230. The maximum atomic E-state index is 12.5. The molecule has 0 rings (SSSR count). The highest BCUT2D eigenvalue weighted by Crippen LogP contribution is 2.14. The number of hydrogen-bond donors (Lipinski definition) is 6. The van der Waals surface area contributed by atoms with Crippen molar-refractivity contribution in [1.29, 1.82) is 0 Å². The molecule has 19 heteroatoms. The molecule has 0 saturated carbocycles. The lowest BCUT2D eigenvalue weighted by atomic mass is 10.0. The van der Waals surface area contributed by atoms with Crippen molar-refractivity contribution in [2.24, 2.45) is 0 Å². The second-order valence-corrected chi connectivity index (χ2v) is 15.3. The molecule has 0 heterocycles. The van der Waals surface area contributed by atoms with Gasteiger partial charge in [0.1, 0.15) is 25.3 Å². The molecule has 4 amide bonds. The third-order valence-electron chi connectivity index (χ3n) is 9.98. The van der Waals surface area contributed by atoms with Crippen molar-refractivity contribution in [3.63, 3.8) is 0 Å². The number of likely N-dealkylation sites (N-methyl/N-ethyl adjacent to an activating group) is 1. The van der Waals surface area contributed by atoms with Crippen molar-refractivity contribution < 1.29 is 67.1 Å². The van der Waals surface area contributed by atoms with E-state index in [0.717, 1.165) is 38.5 Å². The van der Waals surface area contributed by atoms with Gasteiger partial charge in [-0.05, 0) is 45.6 Å². The van der Waals surface area contributed by atoms with Gasteiger partial charge in [0.2, 0.25) is 23.6 Å². The Kier molecular flexibility index (Phi) is 40.7. The molecule has 63 heavy (non-hydrogen) atoms. The number of amides is 4. The van der Waals surface area contributed by atoms with E-state index in [1.807, 2.05) is 0 Å². The molecule has 0 radical (unpaired) electrons. The lowest BCUT2D eigenvalue weighted by molar-refractivity contribution is -0.145. The molecule has 0 saturated heterocycles. The van der Waals surface area contributed by atoms with E-state index in [4.69, 9.17) is 28.8 Å². The van der Waals surface area contributed by atoms with Crippen LogP contribution in [0.15, 0.2) is 0 Å². The highest BCUT2D eigenvalue weighted by molar-refractivity contribution is 5.85. The van der Waals surface area contributed by atoms with Gasteiger partial charge in [-0.1, -0.05) is 77.0 Å². The predicted octanol–water partition coefficient (Wildman–Crippen LogP) is 3.10. The fraction of sp³-hybridized carbons (Fsp3) is 0.841. The zero-order valence-electron chi connectivity index (χ0n) is 38.5. The first-order valence-corrected chi connectivity index (χ1v) is 23.0. The number of unbranched alkanes of at least 4 members (excludes halogenated alkanes) is 14. The number of nitrogens with one attached hydrogen (secondary N) is 5. The Labute approximate surface area is 375 Å². The van der Waals surface area contributed by atoms with E-state index in [-0.39, 0.29) is 108 Å². The summed E-state index contributed by atoms with van der Waals surface area (Å²) in [5.74, 6) is -2.72. The summed E-state index contributed by atoms with van der Waals surface area (Å²) in [6, 6.07) is -1.50. The van der Waals surface area contributed by atoms with Gasteiger partial charge in [0.15, 0.2) is 0 Å². The van der Waals surface area contributed by atoms with Gasteiger partial charge in [0.05, 0.1) is 53.9 Å². The number of carboxylic acid groups (broad SMARTS) is 1. The zero-order chi connectivity index (χ0) is 46.6. The molecule has 2 atom stereocenters. The summed E-state index contributed by atoms with van der Waals surface area (Å²) in [4.78, 5) is 82.9. The number of ether oxygens (including phenoxy) is 6. The van der Waals surface area contributed by atoms with Crippen LogP contribution in [0.25, 0.3) is 0 Å². The van der Waals surface area contributed by atoms with Gasteiger partial charge in [-0.15, -0.1) is 0 Å². The average molecular weight is 904 g/mol. The van der Waals surface area contributed by atoms with Gasteiger partial charge in [0.25, 0.3) is 0 Å². The van der Waals surface area contributed by atoms with Gasteiger partial charge in [-0.25, -0.2) is 4.79 Å². The van der Waals surface area contributed by atoms with Crippen molar-refractivity contribution in [2.45, 2.75) is 147 Å². The number of carbonyl (C=O) groups excluding carboxylic acids is 6. The third-order valence-corrected chi connectivity index (χ3v) is 9.98. The van der Waals surface area contributed by atoms with Gasteiger partial charge in [-0.2, -0.15) is 0 Å². The molecule has 0 aromatic rings. The van der Waals surface area contributed by atoms with Crippen molar-refractivity contribution >= 4 is 41.5 Å². The Morgan fingerprint density at radius 3 is 1.38 bits per heavy atom. The fourth-order valence-electron chi connectivity index (χ4n) is 6.29. The minimum absolute atomic E-state index is 0.0213. The third kappa shape index (κ3) is 39.4. The number of hydrogen-bond acceptors (Lipinski definition) is 14. The Morgan fingerprint density at radius 2 is 0.905 bits per heavy atom. The monoisotopic (exact) mass is 904 g/mol. The van der Waals surface area contributed by atoms with Crippen LogP contribution in [0.5, 0.6) is 0 Å². The summed E-state index contributed by atoms with van der Waals surface area (Å²) in [6.45, 7) is 2.01. The summed E-state index contributed by atoms with van der Waals surface area (Å²) in [5, 5.41) is 22.5. The largest absolute Gasteiger partial charge is 0.480 e. The smallest absolute Gasteiger partial charge is 0.328 e. The van der Waals surface area contributed by atoms with Crippen LogP contribution >= 0.6 is 0 Å². The van der Waals surface area contributed by atoms with Crippen LogP contribution in [0.3, 0.4) is 0 Å². The lowest BCUT2D eigenvalue weighted by Gasteiger charge is -2.16. The average Bonchev–Trinajstić information content (AvgIpc) is 3.27. The van der Waals surface area contributed by atoms with Crippen LogP contribution in [0.1, 0.15) is 135 Å². The molecule has 0 spiro atoms. The maximum Gasteiger partial charge on any atom is 0.328 e. The van der Waals surface area contributed by atoms with E-state index in [0.29, 0.717) is 38.6 Å². The summed E-state index contributed by atoms with van der Waals surface area (Å²) < 4.78 is 30.9. The van der Waals surface area contributed by atoms with Gasteiger partial charge < -0.3 is 60.1 Å². The molecule has 0 fully saturated rings. The topological polar surface area (TPSA) is 255 Å². The molecule has 366 valence electrons. The zero-order valence-corrected chi connectivity index (χ0v) is 38.5. The van der Waals surface area contributed by atoms with Crippen molar-refractivity contribution in [1.82, 2.24) is 26.6 Å². The Morgan fingerprint density at radius 1 is 0.444 bits per heavy atom. The fourth-order valence-corrected chi connectivity index (χ4v) is 6.29. The van der Waals surface area contributed by atoms with Gasteiger partial charge in [0, 0.05) is 38.9 Å². The first-order valence-electron chi connectivity index (χ1n) is 23.0. The molecular weight excluding hydrogens is 823 g/mol. The highest BCUT2D eigenvalue weighted by Gasteiger charge is 2.22. The Hall–Kier alpha value is -3.91. The minimum Gasteiger partial charge on any atom is -0.480 e. The van der Waals surface area contributed by atoms with Crippen LogP contribution in [0.4, 0.5) is 0 Å². The summed E-state index contributed by atoms with van der Waals surface area (Å²) in [5.41, 5.74) is 0. The number of methoxy groups -OCH3 is 2. The van der Waals surface area contributed by atoms with E-state index in [1.165, 1.54) is 65.6 Å². The number of aliphatic carboxylic acids is 1. The number of rotatable bonds is 45. The standard InChI is InChI=1S/C44H81N5O14/c1-45-36(43(55)56)20-18-19-25-46-40(52)34-62-32-31-61-29-27-48-41(53)35-63-33-30-60-28-26-47-38(50)24-23-37(44(57)59-3)49-39(51)21-16-14-12-10-8-6-4-5-7-9-11-13-15-17-22-42(54)58-2/h36-37,45H,4-35H2,1-3H3,(H,46,52)(H,47,50)(H,48,53)(H,49,51)(H,55,56)/t36-,37-/m0/s1. The van der Waals surface area contributed by atoms with E-state index in [9.17, 15) is 33.6 Å². The number of carboxylic acids is 1. The summed E-state index contributed by atoms with van der Waals surface area (Å²) in [7, 11) is 4.27. The molecule has 0 aliphatic rings. The number of esters is 2. The second kappa shape index (κ2) is 43.3. The van der Waals surface area contributed by atoms with Gasteiger partial charge in [-0.3, -0.25) is 28.8 Å². The first-order chi connectivity index (χ1) is 30.5. The van der Waals surface area contributed by atoms with E-state index in [2.05, 4.69) is 31.3 Å². The minimum atomic E-state index is -0.904. The predicted molar refractivity (Wildman–Crippen MR) is 236 cm³/mol. The molecule has 0 unspecified atom stereocenters. The molecule has 0 aromatic carbocycles. The first kappa shape index (κ1) is 59.1. The molecule has 19 nitrogen and oxygen atoms in total. The Balaban J connectivity index is 3.73. The van der Waals surface area contributed by atoms with Crippen molar-refractivity contribution in [2.75, 3.05) is 93.8 Å². The number of carbonyl (C=O) groups is 7. The van der Waals surface area contributed by atoms with Crippen molar-refractivity contribution in [3.05, 3.63) is 0 Å². The SMILES string of the molecule is CN[C@@H](CCCCNC(=O)COCCOCCNC(=O)COCCOCCNC(=O)CC[C@H](NC(=O)CCCCCCCCCCCCCCCCC(=O)OC)C(=O)OC)C(=O)O. The van der Waals surface area contributed by atoms with Crippen LogP contribution in [-0.2, 0) is 62.0 Å². The van der Waals surface area contributed by atoms with Crippen molar-refractivity contribution in [3.8, 4) is 0 Å². The van der Waals surface area contributed by atoms with E-state index >= 15 is 0 Å². The van der Waals surface area contributed by atoms with Crippen LogP contribution in [0.2, 0.25) is 0 Å². The molecule has 6 N–H and O–H groups in total. The van der Waals surface area contributed by atoms with Crippen LogP contribution < -0.4 is 26.6 Å². The molecule has 0 aromatic heterocycles. The van der Waals surface area contributed by atoms with Gasteiger partial charge >= 0.3 is 17.9 Å². The van der Waals surface area contributed by atoms with Crippen LogP contribution in [0, 0.1) is 0 Å². The summed E-state index contributed by atoms with van der Waals surface area (Å²) >= 11 is 0. The molecule has 0 bridgehead atoms. The van der Waals surface area contributed by atoms with Crippen LogP contribution in [-0.4, -0.2) is 152 Å². The maximum absolute atomic E-state index is 12.5. The normalized spacial score (nSPS) is 11.9. The quantitative estimate of drug-likeness (QED) is 0.0379. The van der Waals surface area contributed by atoms with E-state index < -0.39 is 24.0 Å². The molecule has 0 aliphatic carbocycles. The van der Waals surface area contributed by atoms with E-state index in [1.54, 1.807) is 7.05 Å². The summed E-state index contributed by atoms with van der Waals surface area (Å²) in [6.07, 6.45) is 18.5. The molecular formula is C44H81N5O14. The lowest BCUT2D eigenvalue weighted by Crippen LogP contribution is -2.42. The second-order valence-electron chi connectivity index (χ2n) is 15.3. The molecule has 0 aliphatic heterocycles. The highest BCUT2D eigenvalue weighted by atomic mass is 16.5.